The third-order valence-corrected chi connectivity index (χ3v) is 8.55. The fraction of sp³-hybridized carbons (Fsp3) is 0.276. The highest BCUT2D eigenvalue weighted by molar-refractivity contribution is 8.03. The number of allylic oxidation sites excluding steroid dienone is 6. The van der Waals surface area contributed by atoms with Gasteiger partial charge < -0.3 is 21.9 Å². The molecule has 0 bridgehead atoms. The Kier molecular flexibility index (Phi) is 8.18. The monoisotopic (exact) mass is 550 g/mol. The van der Waals surface area contributed by atoms with E-state index in [-0.39, 0.29) is 17.0 Å². The van der Waals surface area contributed by atoms with Crippen LogP contribution in [0.15, 0.2) is 93.9 Å². The number of thiazole rings is 1. The van der Waals surface area contributed by atoms with Crippen LogP contribution in [0.4, 0.5) is 5.69 Å². The first kappa shape index (κ1) is 25.0. The minimum absolute atomic E-state index is 0. The van der Waals surface area contributed by atoms with Crippen LogP contribution in [0.25, 0.3) is 16.3 Å². The molecule has 3 aromatic rings. The van der Waals surface area contributed by atoms with Crippen molar-refractivity contribution in [2.45, 2.75) is 45.1 Å². The fourth-order valence-corrected chi connectivity index (χ4v) is 7.19. The maximum atomic E-state index is 2.44. The molecule has 2 nitrogen and oxygen atoms in total. The molecular formula is C29H31BrN2S2. The van der Waals surface area contributed by atoms with Gasteiger partial charge in [-0.25, -0.2) is 0 Å². The lowest BCUT2D eigenvalue weighted by Crippen LogP contribution is -3.00. The summed E-state index contributed by atoms with van der Waals surface area (Å²) in [5.74, 6) is 0.662. The van der Waals surface area contributed by atoms with Gasteiger partial charge in [0.05, 0.1) is 10.7 Å². The SMILES string of the molecule is CCN1/C(=C/C2=CC(=C/C=C/c3sc4ccccc4[n+]3CC)/CC(C)C2)Sc2ccccc21.[Br-]. The van der Waals surface area contributed by atoms with Gasteiger partial charge in [0.15, 0.2) is 0 Å². The average molecular weight is 552 g/mol. The second kappa shape index (κ2) is 11.1. The highest BCUT2D eigenvalue weighted by atomic mass is 79.9. The van der Waals surface area contributed by atoms with Gasteiger partial charge in [0.1, 0.15) is 11.2 Å². The number of hydrogen-bond acceptors (Lipinski definition) is 3. The summed E-state index contributed by atoms with van der Waals surface area (Å²) in [5, 5.41) is 2.66. The largest absolute Gasteiger partial charge is 1.00 e. The fourth-order valence-electron chi connectivity index (χ4n) is 4.85. The lowest BCUT2D eigenvalue weighted by atomic mass is 9.87. The van der Waals surface area contributed by atoms with Gasteiger partial charge in [-0.3, -0.25) is 0 Å². The van der Waals surface area contributed by atoms with E-state index in [1.165, 1.54) is 42.0 Å². The summed E-state index contributed by atoms with van der Waals surface area (Å²) in [6, 6.07) is 17.4. The molecule has 0 saturated heterocycles. The molecule has 0 saturated carbocycles. The molecule has 1 aliphatic heterocycles. The smallest absolute Gasteiger partial charge is 0.262 e. The molecule has 0 amide bonds. The van der Waals surface area contributed by atoms with Crippen LogP contribution >= 0.6 is 23.1 Å². The average Bonchev–Trinajstić information content (AvgIpc) is 3.35. The number of halogens is 1. The minimum atomic E-state index is 0. The molecule has 5 heteroatoms. The van der Waals surface area contributed by atoms with Gasteiger partial charge in [0, 0.05) is 23.6 Å². The maximum Gasteiger partial charge on any atom is 0.262 e. The molecule has 0 fully saturated rings. The Morgan fingerprint density at radius 3 is 2.68 bits per heavy atom. The van der Waals surface area contributed by atoms with E-state index < -0.39 is 0 Å². The van der Waals surface area contributed by atoms with Gasteiger partial charge in [0.25, 0.3) is 5.01 Å². The highest BCUT2D eigenvalue weighted by Crippen LogP contribution is 2.46. The predicted octanol–water partition coefficient (Wildman–Crippen LogP) is 4.98. The van der Waals surface area contributed by atoms with Crippen LogP contribution in [0.1, 0.15) is 38.6 Å². The molecule has 0 N–H and O–H groups in total. The number of aryl methyl sites for hydroxylation is 1. The molecule has 176 valence electrons. The Morgan fingerprint density at radius 1 is 1.06 bits per heavy atom. The normalized spacial score (nSPS) is 20.3. The second-order valence-electron chi connectivity index (χ2n) is 8.78. The van der Waals surface area contributed by atoms with Crippen molar-refractivity contribution in [2.75, 3.05) is 11.4 Å². The number of para-hydroxylation sites is 2. The quantitative estimate of drug-likeness (QED) is 0.413. The summed E-state index contributed by atoms with van der Waals surface area (Å²) in [4.78, 5) is 3.80. The van der Waals surface area contributed by atoms with Gasteiger partial charge in [-0.15, -0.1) is 0 Å². The third kappa shape index (κ3) is 5.12. The zero-order valence-corrected chi connectivity index (χ0v) is 23.2. The van der Waals surface area contributed by atoms with Crippen molar-refractivity contribution >= 4 is 45.1 Å². The van der Waals surface area contributed by atoms with Crippen molar-refractivity contribution < 1.29 is 21.5 Å². The Bertz CT molecular complexity index is 1300. The first-order chi connectivity index (χ1) is 16.2. The topological polar surface area (TPSA) is 7.12 Å². The third-order valence-electron chi connectivity index (χ3n) is 6.30. The summed E-state index contributed by atoms with van der Waals surface area (Å²) in [7, 11) is 0. The first-order valence-corrected chi connectivity index (χ1v) is 13.5. The van der Waals surface area contributed by atoms with E-state index in [2.05, 4.69) is 109 Å². The van der Waals surface area contributed by atoms with Crippen molar-refractivity contribution in [3.05, 3.63) is 94.0 Å². The molecular weight excluding hydrogens is 520 g/mol. The Labute approximate surface area is 222 Å². The number of hydrogen-bond donors (Lipinski definition) is 0. The molecule has 1 atom stereocenters. The van der Waals surface area contributed by atoms with E-state index in [4.69, 9.17) is 0 Å². The van der Waals surface area contributed by atoms with Crippen LogP contribution in [0.2, 0.25) is 0 Å². The number of aromatic nitrogens is 1. The molecule has 2 aromatic carbocycles. The molecule has 5 rings (SSSR count). The minimum Gasteiger partial charge on any atom is -1.00 e. The van der Waals surface area contributed by atoms with Crippen molar-refractivity contribution in [3.8, 4) is 0 Å². The van der Waals surface area contributed by atoms with Crippen LogP contribution in [0.5, 0.6) is 0 Å². The van der Waals surface area contributed by atoms with Gasteiger partial charge >= 0.3 is 0 Å². The van der Waals surface area contributed by atoms with E-state index in [9.17, 15) is 0 Å². The van der Waals surface area contributed by atoms with Gasteiger partial charge in [-0.1, -0.05) is 72.5 Å². The van der Waals surface area contributed by atoms with Crippen molar-refractivity contribution in [2.24, 2.45) is 5.92 Å². The summed E-state index contributed by atoms with van der Waals surface area (Å²) < 4.78 is 3.75. The summed E-state index contributed by atoms with van der Waals surface area (Å²) in [5.41, 5.74) is 5.53. The molecule has 1 unspecified atom stereocenters. The Hall–Kier alpha value is -2.08. The van der Waals surface area contributed by atoms with E-state index >= 15 is 0 Å². The molecule has 1 aliphatic carbocycles. The molecule has 2 heterocycles. The van der Waals surface area contributed by atoms with Crippen LogP contribution in [-0.4, -0.2) is 6.54 Å². The van der Waals surface area contributed by atoms with E-state index in [0.717, 1.165) is 25.9 Å². The van der Waals surface area contributed by atoms with Crippen LogP contribution in [0.3, 0.4) is 0 Å². The predicted molar refractivity (Wildman–Crippen MR) is 145 cm³/mol. The molecule has 0 radical (unpaired) electrons. The molecule has 1 aromatic heterocycles. The number of fused-ring (bicyclic) bond motifs is 2. The number of thioether (sulfide) groups is 1. The van der Waals surface area contributed by atoms with Crippen molar-refractivity contribution in [1.29, 1.82) is 0 Å². The van der Waals surface area contributed by atoms with E-state index in [1.54, 1.807) is 0 Å². The molecule has 0 spiro atoms. The molecule has 34 heavy (non-hydrogen) atoms. The highest BCUT2D eigenvalue weighted by Gasteiger charge is 2.24. The number of nitrogens with zero attached hydrogens (tertiary/aromatic N) is 2. The summed E-state index contributed by atoms with van der Waals surface area (Å²) in [6.07, 6.45) is 13.9. The van der Waals surface area contributed by atoms with Gasteiger partial charge in [0.2, 0.25) is 5.52 Å². The number of benzene rings is 2. The van der Waals surface area contributed by atoms with Crippen LogP contribution in [0, 0.1) is 5.92 Å². The van der Waals surface area contributed by atoms with Gasteiger partial charge in [-0.2, -0.15) is 4.57 Å². The number of anilines is 1. The van der Waals surface area contributed by atoms with E-state index in [1.807, 2.05) is 23.1 Å². The van der Waals surface area contributed by atoms with Crippen LogP contribution in [-0.2, 0) is 6.54 Å². The van der Waals surface area contributed by atoms with Gasteiger partial charge in [-0.05, 0) is 68.0 Å². The van der Waals surface area contributed by atoms with Crippen molar-refractivity contribution in [1.82, 2.24) is 0 Å². The molecule has 2 aliphatic rings. The Morgan fingerprint density at radius 2 is 1.85 bits per heavy atom. The maximum absolute atomic E-state index is 2.44. The zero-order valence-electron chi connectivity index (χ0n) is 20.0. The first-order valence-electron chi connectivity index (χ1n) is 11.9. The summed E-state index contributed by atoms with van der Waals surface area (Å²) in [6.45, 7) is 8.81. The van der Waals surface area contributed by atoms with Crippen LogP contribution < -0.4 is 26.4 Å². The second-order valence-corrected chi connectivity index (χ2v) is 10.9. The lowest BCUT2D eigenvalue weighted by molar-refractivity contribution is -0.665. The Balaban J connectivity index is 0.00000274. The number of rotatable bonds is 5. The van der Waals surface area contributed by atoms with E-state index in [0.29, 0.717) is 5.92 Å². The van der Waals surface area contributed by atoms with Crippen molar-refractivity contribution in [3.63, 3.8) is 0 Å². The summed E-state index contributed by atoms with van der Waals surface area (Å²) >= 11 is 3.77. The lowest BCUT2D eigenvalue weighted by Gasteiger charge is -2.22. The zero-order chi connectivity index (χ0) is 22.8. The standard InChI is InChI=1S/C29H31N2S2.BrH/c1-4-30-24-12-6-8-14-26(24)32-28(30)16-10-11-22-17-21(3)18-23(19-22)20-29-31(5-2)25-13-7-9-15-27(25)33-29;/h6-16,19-21H,4-5,17-18H2,1-3H3;1H/q+1;/p-1.